The molecule has 5 nitrogen and oxygen atoms in total. The van der Waals surface area contributed by atoms with Gasteiger partial charge in [0.15, 0.2) is 0 Å². The third-order valence-corrected chi connectivity index (χ3v) is 4.41. The molecule has 0 unspecified atom stereocenters. The highest BCUT2D eigenvalue weighted by Gasteiger charge is 2.24. The smallest absolute Gasteiger partial charge is 0.225 e. The van der Waals surface area contributed by atoms with E-state index in [0.29, 0.717) is 13.2 Å². The maximum Gasteiger partial charge on any atom is 0.225 e. The van der Waals surface area contributed by atoms with Gasteiger partial charge in [-0.25, -0.2) is 9.97 Å². The minimum Gasteiger partial charge on any atom is -0.368 e. The molecular weight excluding hydrogens is 336 g/mol. The Kier molecular flexibility index (Phi) is 4.59. The fourth-order valence-corrected chi connectivity index (χ4v) is 3.09. The molecule has 1 aromatic carbocycles. The highest BCUT2D eigenvalue weighted by atomic mass is 35.5. The third kappa shape index (κ3) is 3.62. The summed E-state index contributed by atoms with van der Waals surface area (Å²) in [4.78, 5) is 15.4. The first-order chi connectivity index (χ1) is 12.3. The molecule has 6 heteroatoms. The van der Waals surface area contributed by atoms with E-state index in [2.05, 4.69) is 25.9 Å². The fraction of sp³-hybridized carbons (Fsp3) is 0.211. The summed E-state index contributed by atoms with van der Waals surface area (Å²) in [5.41, 5.74) is 2.99. The SMILES string of the molecule is Clc1cccc(-c2ccc([C@H]3CN(c4ncccn4)CCO3)nc2)c1. The van der Waals surface area contributed by atoms with Crippen LogP contribution in [0.25, 0.3) is 11.1 Å². The van der Waals surface area contributed by atoms with Gasteiger partial charge in [-0.2, -0.15) is 0 Å². The van der Waals surface area contributed by atoms with Crippen LogP contribution in [0.15, 0.2) is 61.1 Å². The minimum atomic E-state index is -0.0917. The number of hydrogen-bond acceptors (Lipinski definition) is 5. The van der Waals surface area contributed by atoms with Crippen molar-refractivity contribution < 1.29 is 4.74 Å². The molecule has 1 aliphatic rings. The van der Waals surface area contributed by atoms with Gasteiger partial charge < -0.3 is 9.64 Å². The molecule has 1 fully saturated rings. The lowest BCUT2D eigenvalue weighted by Gasteiger charge is -2.32. The van der Waals surface area contributed by atoms with Crippen molar-refractivity contribution >= 4 is 17.5 Å². The molecule has 4 rings (SSSR count). The van der Waals surface area contributed by atoms with Crippen molar-refractivity contribution in [1.82, 2.24) is 15.0 Å². The predicted molar refractivity (Wildman–Crippen MR) is 97.6 cm³/mol. The number of anilines is 1. The van der Waals surface area contributed by atoms with Crippen molar-refractivity contribution in [3.8, 4) is 11.1 Å². The molecule has 3 heterocycles. The van der Waals surface area contributed by atoms with Gasteiger partial charge in [-0.3, -0.25) is 4.98 Å². The summed E-state index contributed by atoms with van der Waals surface area (Å²) in [6.07, 6.45) is 5.28. The number of halogens is 1. The number of nitrogens with zero attached hydrogens (tertiary/aromatic N) is 4. The Bertz CT molecular complexity index is 842. The Balaban J connectivity index is 1.52. The lowest BCUT2D eigenvalue weighted by molar-refractivity contribution is 0.0365. The van der Waals surface area contributed by atoms with Crippen molar-refractivity contribution in [3.63, 3.8) is 0 Å². The van der Waals surface area contributed by atoms with Gasteiger partial charge in [0.1, 0.15) is 6.10 Å². The van der Waals surface area contributed by atoms with Gasteiger partial charge in [0.2, 0.25) is 5.95 Å². The zero-order valence-electron chi connectivity index (χ0n) is 13.5. The largest absolute Gasteiger partial charge is 0.368 e. The summed E-state index contributed by atoms with van der Waals surface area (Å²) in [6, 6.07) is 13.6. The van der Waals surface area contributed by atoms with E-state index < -0.39 is 0 Å². The van der Waals surface area contributed by atoms with E-state index >= 15 is 0 Å². The summed E-state index contributed by atoms with van der Waals surface area (Å²) in [6.45, 7) is 2.09. The summed E-state index contributed by atoms with van der Waals surface area (Å²) >= 11 is 6.06. The minimum absolute atomic E-state index is 0.0917. The highest BCUT2D eigenvalue weighted by molar-refractivity contribution is 6.30. The molecular formula is C19H17ClN4O. The molecule has 25 heavy (non-hydrogen) atoms. The van der Waals surface area contributed by atoms with Crippen molar-refractivity contribution in [2.24, 2.45) is 0 Å². The van der Waals surface area contributed by atoms with Crippen LogP contribution in [0.5, 0.6) is 0 Å². The fourth-order valence-electron chi connectivity index (χ4n) is 2.90. The van der Waals surface area contributed by atoms with Crippen LogP contribution in [0.1, 0.15) is 11.8 Å². The van der Waals surface area contributed by atoms with Crippen LogP contribution in [0, 0.1) is 0 Å². The normalized spacial score (nSPS) is 17.5. The molecule has 1 atom stereocenters. The molecule has 2 aromatic heterocycles. The Morgan fingerprint density at radius 1 is 1.00 bits per heavy atom. The summed E-state index contributed by atoms with van der Waals surface area (Å²) in [5.74, 6) is 0.728. The molecule has 1 aliphatic heterocycles. The molecule has 0 aliphatic carbocycles. The van der Waals surface area contributed by atoms with Crippen LogP contribution in [-0.2, 0) is 4.74 Å². The topological polar surface area (TPSA) is 51.1 Å². The number of pyridine rings is 1. The molecule has 0 radical (unpaired) electrons. The first-order valence-corrected chi connectivity index (χ1v) is 8.53. The number of morpholine rings is 1. The van der Waals surface area contributed by atoms with E-state index in [-0.39, 0.29) is 6.10 Å². The van der Waals surface area contributed by atoms with Crippen molar-refractivity contribution in [1.29, 1.82) is 0 Å². The molecule has 126 valence electrons. The van der Waals surface area contributed by atoms with E-state index in [4.69, 9.17) is 16.3 Å². The van der Waals surface area contributed by atoms with Gasteiger partial charge in [0, 0.05) is 35.7 Å². The summed E-state index contributed by atoms with van der Waals surface area (Å²) in [5, 5.41) is 0.718. The first-order valence-electron chi connectivity index (χ1n) is 8.15. The van der Waals surface area contributed by atoms with E-state index in [1.54, 1.807) is 12.4 Å². The van der Waals surface area contributed by atoms with Crippen molar-refractivity contribution in [2.75, 3.05) is 24.6 Å². The van der Waals surface area contributed by atoms with Gasteiger partial charge in [-0.05, 0) is 29.8 Å². The third-order valence-electron chi connectivity index (χ3n) is 4.18. The average molecular weight is 353 g/mol. The van der Waals surface area contributed by atoms with Gasteiger partial charge in [-0.15, -0.1) is 0 Å². The zero-order valence-corrected chi connectivity index (χ0v) is 14.3. The van der Waals surface area contributed by atoms with Crippen LogP contribution < -0.4 is 4.90 Å². The van der Waals surface area contributed by atoms with Gasteiger partial charge in [0.25, 0.3) is 0 Å². The Morgan fingerprint density at radius 2 is 1.88 bits per heavy atom. The van der Waals surface area contributed by atoms with Gasteiger partial charge in [-0.1, -0.05) is 29.8 Å². The van der Waals surface area contributed by atoms with Crippen LogP contribution >= 0.6 is 11.6 Å². The van der Waals surface area contributed by atoms with E-state index in [1.807, 2.05) is 42.6 Å². The number of rotatable bonds is 3. The average Bonchev–Trinajstić information content (AvgIpc) is 2.69. The summed E-state index contributed by atoms with van der Waals surface area (Å²) in [7, 11) is 0. The Hall–Kier alpha value is -2.50. The molecule has 3 aromatic rings. The standard InChI is InChI=1S/C19H17ClN4O/c20-16-4-1-3-14(11-16)15-5-6-17(23-12-15)18-13-24(9-10-25-18)19-21-7-2-8-22-19/h1-8,11-12,18H,9-10,13H2/t18-/m1/s1. The number of benzene rings is 1. The summed E-state index contributed by atoms with van der Waals surface area (Å²) < 4.78 is 5.90. The second kappa shape index (κ2) is 7.17. The predicted octanol–water partition coefficient (Wildman–Crippen LogP) is 3.77. The van der Waals surface area contributed by atoms with E-state index in [1.165, 1.54) is 0 Å². The quantitative estimate of drug-likeness (QED) is 0.718. The zero-order chi connectivity index (χ0) is 17.1. The number of aromatic nitrogens is 3. The lowest BCUT2D eigenvalue weighted by atomic mass is 10.1. The maximum absolute atomic E-state index is 6.06. The second-order valence-corrected chi connectivity index (χ2v) is 6.27. The number of ether oxygens (including phenoxy) is 1. The highest BCUT2D eigenvalue weighted by Crippen LogP contribution is 2.26. The molecule has 0 amide bonds. The maximum atomic E-state index is 6.06. The van der Waals surface area contributed by atoms with Crippen molar-refractivity contribution in [2.45, 2.75) is 6.10 Å². The van der Waals surface area contributed by atoms with Crippen LogP contribution in [0.3, 0.4) is 0 Å². The molecule has 0 saturated carbocycles. The van der Waals surface area contributed by atoms with E-state index in [0.717, 1.165) is 34.3 Å². The first kappa shape index (κ1) is 16.0. The van der Waals surface area contributed by atoms with Crippen LogP contribution in [-0.4, -0.2) is 34.6 Å². The van der Waals surface area contributed by atoms with Crippen LogP contribution in [0.2, 0.25) is 5.02 Å². The molecule has 1 saturated heterocycles. The number of hydrogen-bond donors (Lipinski definition) is 0. The Labute approximate surface area is 151 Å². The van der Waals surface area contributed by atoms with Gasteiger partial charge in [0.05, 0.1) is 18.8 Å². The van der Waals surface area contributed by atoms with Crippen LogP contribution in [0.4, 0.5) is 5.95 Å². The van der Waals surface area contributed by atoms with Gasteiger partial charge >= 0.3 is 0 Å². The molecule has 0 bridgehead atoms. The Morgan fingerprint density at radius 3 is 2.64 bits per heavy atom. The molecule has 0 N–H and O–H groups in total. The van der Waals surface area contributed by atoms with E-state index in [9.17, 15) is 0 Å². The molecule has 0 spiro atoms. The second-order valence-electron chi connectivity index (χ2n) is 5.84. The lowest BCUT2D eigenvalue weighted by Crippen LogP contribution is -2.39. The monoisotopic (exact) mass is 352 g/mol. The van der Waals surface area contributed by atoms with Crippen molar-refractivity contribution in [3.05, 3.63) is 71.8 Å².